The molecule has 1 aromatic heterocycles. The molecule has 0 radical (unpaired) electrons. The Morgan fingerprint density at radius 1 is 1.19 bits per heavy atom. The van der Waals surface area contributed by atoms with Gasteiger partial charge in [-0.25, -0.2) is 8.78 Å². The number of nitrogens with zero attached hydrogens (tertiary/aromatic N) is 2. The Morgan fingerprint density at radius 2 is 1.89 bits per heavy atom. The fourth-order valence-electron chi connectivity index (χ4n) is 3.08. The van der Waals surface area contributed by atoms with E-state index in [0.717, 1.165) is 30.7 Å². The van der Waals surface area contributed by atoms with Crippen molar-refractivity contribution in [3.8, 4) is 0 Å². The molecular formula is C20H21F2N3O2. The Hall–Kier alpha value is -2.83. The predicted octanol–water partition coefficient (Wildman–Crippen LogP) is 3.12. The van der Waals surface area contributed by atoms with Crippen LogP contribution in [0.15, 0.2) is 42.6 Å². The molecule has 0 spiro atoms. The van der Waals surface area contributed by atoms with Gasteiger partial charge in [0.15, 0.2) is 0 Å². The molecular weight excluding hydrogens is 352 g/mol. The molecule has 1 N–H and O–H groups in total. The van der Waals surface area contributed by atoms with Crippen LogP contribution in [0.2, 0.25) is 0 Å². The molecule has 0 saturated heterocycles. The van der Waals surface area contributed by atoms with Gasteiger partial charge in [-0.3, -0.25) is 14.6 Å². The van der Waals surface area contributed by atoms with Crippen LogP contribution >= 0.6 is 0 Å². The summed E-state index contributed by atoms with van der Waals surface area (Å²) in [5.74, 6) is -2.31. The van der Waals surface area contributed by atoms with Crippen LogP contribution in [0.25, 0.3) is 0 Å². The lowest BCUT2D eigenvalue weighted by molar-refractivity contribution is -0.133. The highest BCUT2D eigenvalue weighted by molar-refractivity contribution is 5.79. The summed E-state index contributed by atoms with van der Waals surface area (Å²) in [6, 6.07) is 7.97. The first kappa shape index (κ1) is 18.9. The molecule has 5 nitrogen and oxygen atoms in total. The van der Waals surface area contributed by atoms with E-state index in [2.05, 4.69) is 10.3 Å². The molecule has 1 heterocycles. The van der Waals surface area contributed by atoms with Crippen molar-refractivity contribution in [1.82, 2.24) is 15.2 Å². The molecule has 1 saturated carbocycles. The molecule has 1 unspecified atom stereocenters. The topological polar surface area (TPSA) is 62.3 Å². The predicted molar refractivity (Wildman–Crippen MR) is 95.3 cm³/mol. The number of amides is 2. The van der Waals surface area contributed by atoms with E-state index in [0.29, 0.717) is 6.54 Å². The van der Waals surface area contributed by atoms with Crippen molar-refractivity contribution < 1.29 is 18.4 Å². The third kappa shape index (κ3) is 4.87. The van der Waals surface area contributed by atoms with Crippen LogP contribution in [0, 0.1) is 11.6 Å². The number of benzene rings is 1. The van der Waals surface area contributed by atoms with Crippen LogP contribution in [0.5, 0.6) is 0 Å². The minimum absolute atomic E-state index is 0.1000. The fraction of sp³-hybridized carbons (Fsp3) is 0.350. The lowest BCUT2D eigenvalue weighted by Gasteiger charge is -2.26. The molecule has 1 atom stereocenters. The van der Waals surface area contributed by atoms with E-state index < -0.39 is 23.6 Å². The van der Waals surface area contributed by atoms with E-state index in [1.54, 1.807) is 17.2 Å². The van der Waals surface area contributed by atoms with Crippen LogP contribution in [0.3, 0.4) is 0 Å². The Balaban J connectivity index is 1.81. The average Bonchev–Trinajstić information content (AvgIpc) is 3.44. The number of hydrogen-bond donors (Lipinski definition) is 1. The Bertz CT molecular complexity index is 805. The summed E-state index contributed by atoms with van der Waals surface area (Å²) < 4.78 is 28.4. The first-order chi connectivity index (χ1) is 13.0. The quantitative estimate of drug-likeness (QED) is 0.811. The molecule has 2 amide bonds. The molecule has 0 bridgehead atoms. The highest BCUT2D eigenvalue weighted by Gasteiger charge is 2.34. The van der Waals surface area contributed by atoms with E-state index in [1.165, 1.54) is 13.0 Å². The second-order valence-electron chi connectivity index (χ2n) is 6.67. The van der Waals surface area contributed by atoms with Gasteiger partial charge >= 0.3 is 0 Å². The van der Waals surface area contributed by atoms with Gasteiger partial charge in [-0.05, 0) is 37.1 Å². The summed E-state index contributed by atoms with van der Waals surface area (Å²) >= 11 is 0. The third-order valence-electron chi connectivity index (χ3n) is 4.47. The van der Waals surface area contributed by atoms with Crippen LogP contribution < -0.4 is 5.32 Å². The van der Waals surface area contributed by atoms with E-state index in [1.807, 2.05) is 12.1 Å². The minimum Gasteiger partial charge on any atom is -0.349 e. The maximum absolute atomic E-state index is 14.2. The summed E-state index contributed by atoms with van der Waals surface area (Å²) in [4.78, 5) is 30.4. The average molecular weight is 373 g/mol. The number of carbonyl (C=O) groups excluding carboxylic acids is 2. The van der Waals surface area contributed by atoms with E-state index in [4.69, 9.17) is 0 Å². The molecule has 1 aliphatic carbocycles. The normalized spacial score (nSPS) is 14.5. The van der Waals surface area contributed by atoms with E-state index in [-0.39, 0.29) is 23.9 Å². The highest BCUT2D eigenvalue weighted by atomic mass is 19.1. The number of aromatic nitrogens is 1. The van der Waals surface area contributed by atoms with Crippen molar-refractivity contribution in [1.29, 1.82) is 0 Å². The van der Waals surface area contributed by atoms with Crippen LogP contribution in [0.4, 0.5) is 8.78 Å². The lowest BCUT2D eigenvalue weighted by atomic mass is 10.0. The monoisotopic (exact) mass is 373 g/mol. The fourth-order valence-corrected chi connectivity index (χ4v) is 3.08. The van der Waals surface area contributed by atoms with Crippen LogP contribution in [-0.4, -0.2) is 27.7 Å². The Morgan fingerprint density at radius 3 is 2.44 bits per heavy atom. The van der Waals surface area contributed by atoms with Gasteiger partial charge in [0, 0.05) is 24.7 Å². The van der Waals surface area contributed by atoms with E-state index in [9.17, 15) is 18.4 Å². The first-order valence-electron chi connectivity index (χ1n) is 8.86. The number of hydrogen-bond acceptors (Lipinski definition) is 3. The van der Waals surface area contributed by atoms with Crippen LogP contribution in [0.1, 0.15) is 43.5 Å². The lowest BCUT2D eigenvalue weighted by Crippen LogP contribution is -2.37. The second kappa shape index (κ2) is 8.24. The van der Waals surface area contributed by atoms with Gasteiger partial charge in [-0.15, -0.1) is 0 Å². The summed E-state index contributed by atoms with van der Waals surface area (Å²) in [6.07, 6.45) is 3.20. The number of halogens is 2. The molecule has 27 heavy (non-hydrogen) atoms. The zero-order chi connectivity index (χ0) is 19.4. The molecule has 0 aliphatic heterocycles. The van der Waals surface area contributed by atoms with Gasteiger partial charge in [0.05, 0.1) is 24.7 Å². The zero-order valence-corrected chi connectivity index (χ0v) is 15.0. The summed E-state index contributed by atoms with van der Waals surface area (Å²) in [6.45, 7) is 1.58. The standard InChI is InChI=1S/C20H21F2N3O2/c1-13(26)24-18(20-16(21)6-4-7-17(20)22)11-19(27)25(15-8-9-15)12-14-5-2-3-10-23-14/h2-7,10,15,18H,8-9,11-12H2,1H3,(H,24,26). The van der Waals surface area contributed by atoms with Crippen molar-refractivity contribution in [3.05, 3.63) is 65.5 Å². The van der Waals surface area contributed by atoms with Crippen molar-refractivity contribution >= 4 is 11.8 Å². The molecule has 142 valence electrons. The van der Waals surface area contributed by atoms with Gasteiger partial charge in [-0.2, -0.15) is 0 Å². The summed E-state index contributed by atoms with van der Waals surface area (Å²) in [5.41, 5.74) is 0.445. The third-order valence-corrected chi connectivity index (χ3v) is 4.47. The largest absolute Gasteiger partial charge is 0.349 e. The number of nitrogens with one attached hydrogen (secondary N) is 1. The maximum atomic E-state index is 14.2. The van der Waals surface area contributed by atoms with Crippen LogP contribution in [-0.2, 0) is 16.1 Å². The molecule has 1 aromatic carbocycles. The molecule has 1 fully saturated rings. The minimum atomic E-state index is -1.07. The highest BCUT2D eigenvalue weighted by Crippen LogP contribution is 2.31. The summed E-state index contributed by atoms with van der Waals surface area (Å²) in [5, 5.41) is 2.50. The van der Waals surface area contributed by atoms with Gasteiger partial charge < -0.3 is 10.2 Å². The molecule has 7 heteroatoms. The Labute approximate surface area is 156 Å². The smallest absolute Gasteiger partial charge is 0.225 e. The Kier molecular flexibility index (Phi) is 5.78. The van der Waals surface area contributed by atoms with Gasteiger partial charge in [0.25, 0.3) is 0 Å². The second-order valence-corrected chi connectivity index (χ2v) is 6.67. The van der Waals surface area contributed by atoms with Gasteiger partial charge in [0.1, 0.15) is 11.6 Å². The van der Waals surface area contributed by atoms with Crippen molar-refractivity contribution in [2.45, 2.75) is 44.8 Å². The number of carbonyl (C=O) groups is 2. The zero-order valence-electron chi connectivity index (χ0n) is 15.0. The first-order valence-corrected chi connectivity index (χ1v) is 8.86. The van der Waals surface area contributed by atoms with Gasteiger partial charge in [-0.1, -0.05) is 12.1 Å². The molecule has 1 aliphatic rings. The SMILES string of the molecule is CC(=O)NC(CC(=O)N(Cc1ccccn1)C1CC1)c1c(F)cccc1F. The number of rotatable bonds is 7. The molecule has 2 aromatic rings. The number of pyridine rings is 1. The van der Waals surface area contributed by atoms with Gasteiger partial charge in [0.2, 0.25) is 11.8 Å². The van der Waals surface area contributed by atoms with E-state index >= 15 is 0 Å². The van der Waals surface area contributed by atoms with Crippen molar-refractivity contribution in [2.24, 2.45) is 0 Å². The van der Waals surface area contributed by atoms with Crippen molar-refractivity contribution in [3.63, 3.8) is 0 Å². The van der Waals surface area contributed by atoms with Crippen molar-refractivity contribution in [2.75, 3.05) is 0 Å². The maximum Gasteiger partial charge on any atom is 0.225 e. The molecule has 3 rings (SSSR count). The summed E-state index contributed by atoms with van der Waals surface area (Å²) in [7, 11) is 0.